The molecule has 0 heterocycles. The van der Waals surface area contributed by atoms with Crippen LogP contribution in [0.25, 0.3) is 0 Å². The fourth-order valence-electron chi connectivity index (χ4n) is 5.25. The Morgan fingerprint density at radius 1 is 0.765 bits per heavy atom. The number of rotatable bonds is 0. The highest BCUT2D eigenvalue weighted by Crippen LogP contribution is 2.71. The molecule has 2 nitrogen and oxygen atoms in total. The Labute approximate surface area is 104 Å². The van der Waals surface area contributed by atoms with E-state index in [4.69, 9.17) is 0 Å². The Kier molecular flexibility index (Phi) is 2.17. The normalized spacial score (nSPS) is 60.4. The van der Waals surface area contributed by atoms with Crippen molar-refractivity contribution in [3.63, 3.8) is 0 Å². The summed E-state index contributed by atoms with van der Waals surface area (Å²) in [5.74, 6) is 1.95. The van der Waals surface area contributed by atoms with Gasteiger partial charge in [0.05, 0.1) is 11.2 Å². The average Bonchev–Trinajstić information content (AvgIpc) is 2.59. The van der Waals surface area contributed by atoms with Gasteiger partial charge >= 0.3 is 0 Å². The second kappa shape index (κ2) is 3.08. The van der Waals surface area contributed by atoms with Gasteiger partial charge in [0.15, 0.2) is 0 Å². The highest BCUT2D eigenvalue weighted by molar-refractivity contribution is 5.18. The van der Waals surface area contributed by atoms with E-state index in [0.717, 1.165) is 25.7 Å². The molecule has 0 radical (unpaired) electrons. The van der Waals surface area contributed by atoms with Gasteiger partial charge in [0.2, 0.25) is 0 Å². The molecule has 0 saturated heterocycles. The molecule has 2 heteroatoms. The third-order valence-corrected chi connectivity index (χ3v) is 6.40. The van der Waals surface area contributed by atoms with E-state index in [1.54, 1.807) is 0 Å². The molecule has 17 heavy (non-hydrogen) atoms. The predicted molar refractivity (Wildman–Crippen MR) is 67.5 cm³/mol. The first-order chi connectivity index (χ1) is 7.68. The molecule has 3 aliphatic rings. The number of hydrogen-bond donors (Lipinski definition) is 2. The summed E-state index contributed by atoms with van der Waals surface area (Å²) in [5, 5.41) is 21.3. The first-order valence-corrected chi connectivity index (χ1v) is 7.13. The molecular formula is C15H26O2. The molecule has 98 valence electrons. The van der Waals surface area contributed by atoms with Crippen LogP contribution in [-0.2, 0) is 0 Å². The van der Waals surface area contributed by atoms with E-state index in [9.17, 15) is 10.2 Å². The molecule has 2 N–H and O–H groups in total. The van der Waals surface area contributed by atoms with E-state index in [1.165, 1.54) is 0 Å². The lowest BCUT2D eigenvalue weighted by Gasteiger charge is -2.37. The van der Waals surface area contributed by atoms with Gasteiger partial charge < -0.3 is 10.2 Å². The third-order valence-electron chi connectivity index (χ3n) is 6.40. The molecule has 0 bridgehead atoms. The Morgan fingerprint density at radius 2 is 1.29 bits per heavy atom. The zero-order valence-corrected chi connectivity index (χ0v) is 11.5. The van der Waals surface area contributed by atoms with Crippen molar-refractivity contribution in [2.45, 2.75) is 64.6 Å². The molecule has 0 aromatic carbocycles. The number of fused-ring (bicyclic) bond motifs is 3. The summed E-state index contributed by atoms with van der Waals surface area (Å²) in [5.41, 5.74) is -0.738. The van der Waals surface area contributed by atoms with E-state index in [1.807, 2.05) is 13.8 Å². The molecule has 1 unspecified atom stereocenters. The van der Waals surface area contributed by atoms with Gasteiger partial charge in [0.1, 0.15) is 0 Å². The van der Waals surface area contributed by atoms with Gasteiger partial charge in [-0.1, -0.05) is 13.8 Å². The highest BCUT2D eigenvalue weighted by atomic mass is 16.3. The molecule has 0 aromatic rings. The molecule has 6 atom stereocenters. The number of hydrogen-bond acceptors (Lipinski definition) is 2. The fraction of sp³-hybridized carbons (Fsp3) is 1.00. The van der Waals surface area contributed by atoms with Crippen LogP contribution in [0.3, 0.4) is 0 Å². The maximum Gasteiger partial charge on any atom is 0.0654 e. The summed E-state index contributed by atoms with van der Waals surface area (Å²) in [7, 11) is 0. The lowest BCUT2D eigenvalue weighted by molar-refractivity contribution is -0.0663. The van der Waals surface area contributed by atoms with Gasteiger partial charge in [-0.05, 0) is 68.6 Å². The summed E-state index contributed by atoms with van der Waals surface area (Å²) < 4.78 is 0. The topological polar surface area (TPSA) is 40.5 Å². The lowest BCUT2D eigenvalue weighted by atomic mass is 9.73. The monoisotopic (exact) mass is 238 g/mol. The van der Waals surface area contributed by atoms with Gasteiger partial charge in [-0.2, -0.15) is 0 Å². The van der Waals surface area contributed by atoms with Crippen molar-refractivity contribution in [1.82, 2.24) is 0 Å². The quantitative estimate of drug-likeness (QED) is 0.681. The van der Waals surface area contributed by atoms with Crippen molar-refractivity contribution in [3.05, 3.63) is 0 Å². The van der Waals surface area contributed by atoms with Gasteiger partial charge in [-0.15, -0.1) is 0 Å². The van der Waals surface area contributed by atoms with Crippen LogP contribution in [-0.4, -0.2) is 21.4 Å². The summed E-state index contributed by atoms with van der Waals surface area (Å²) in [6, 6.07) is 0. The molecule has 0 spiro atoms. The second-order valence-corrected chi connectivity index (χ2v) is 7.88. The van der Waals surface area contributed by atoms with Crippen LogP contribution in [0, 0.1) is 29.1 Å². The maximum absolute atomic E-state index is 10.7. The summed E-state index contributed by atoms with van der Waals surface area (Å²) in [6.07, 6.45) is 3.89. The SMILES string of the molecule is CC1(C)C2CC[C@@](C)(O)[C@H]3CC[C@](C)(O)[C@H]3[C@@H]21. The Bertz CT molecular complexity index is 343. The molecule has 3 rings (SSSR count). The van der Waals surface area contributed by atoms with Crippen LogP contribution in [0.2, 0.25) is 0 Å². The van der Waals surface area contributed by atoms with E-state index in [2.05, 4.69) is 13.8 Å². The number of aliphatic hydroxyl groups is 2. The van der Waals surface area contributed by atoms with E-state index in [0.29, 0.717) is 29.1 Å². The predicted octanol–water partition coefficient (Wildman–Crippen LogP) is 2.58. The molecular weight excluding hydrogens is 212 g/mol. The molecule has 0 amide bonds. The van der Waals surface area contributed by atoms with Crippen LogP contribution in [0.1, 0.15) is 53.4 Å². The minimum atomic E-state index is -0.561. The van der Waals surface area contributed by atoms with Crippen molar-refractivity contribution >= 4 is 0 Å². The van der Waals surface area contributed by atoms with Crippen LogP contribution >= 0.6 is 0 Å². The van der Waals surface area contributed by atoms with Crippen molar-refractivity contribution in [3.8, 4) is 0 Å². The Hall–Kier alpha value is -0.0800. The van der Waals surface area contributed by atoms with Crippen LogP contribution in [0.15, 0.2) is 0 Å². The first kappa shape index (κ1) is 12.0. The van der Waals surface area contributed by atoms with E-state index in [-0.39, 0.29) is 0 Å². The smallest absolute Gasteiger partial charge is 0.0654 e. The maximum atomic E-state index is 10.7. The Morgan fingerprint density at radius 3 is 1.94 bits per heavy atom. The van der Waals surface area contributed by atoms with E-state index < -0.39 is 11.2 Å². The van der Waals surface area contributed by atoms with Crippen LogP contribution in [0.4, 0.5) is 0 Å². The fourth-order valence-corrected chi connectivity index (χ4v) is 5.25. The van der Waals surface area contributed by atoms with Gasteiger partial charge in [0.25, 0.3) is 0 Å². The van der Waals surface area contributed by atoms with Crippen molar-refractivity contribution in [2.75, 3.05) is 0 Å². The zero-order valence-electron chi connectivity index (χ0n) is 11.5. The Balaban J connectivity index is 1.99. The largest absolute Gasteiger partial charge is 0.390 e. The van der Waals surface area contributed by atoms with Crippen molar-refractivity contribution in [2.24, 2.45) is 29.1 Å². The zero-order chi connectivity index (χ0) is 12.6. The van der Waals surface area contributed by atoms with Crippen molar-refractivity contribution in [1.29, 1.82) is 0 Å². The van der Waals surface area contributed by atoms with Gasteiger partial charge in [0, 0.05) is 0 Å². The first-order valence-electron chi connectivity index (χ1n) is 7.13. The minimum absolute atomic E-state index is 0.300. The summed E-state index contributed by atoms with van der Waals surface area (Å²) >= 11 is 0. The highest BCUT2D eigenvalue weighted by Gasteiger charge is 2.69. The molecule has 0 aromatic heterocycles. The summed E-state index contributed by atoms with van der Waals surface area (Å²) in [6.45, 7) is 8.66. The second-order valence-electron chi connectivity index (χ2n) is 7.88. The third kappa shape index (κ3) is 1.46. The summed E-state index contributed by atoms with van der Waals surface area (Å²) in [4.78, 5) is 0. The standard InChI is InChI=1S/C15H26O2/c1-13(2)9-5-7-14(3,16)10-6-8-15(4,17)12(10)11(9)13/h9-12,16-17H,5-8H2,1-4H3/t9?,10-,11+,12+,14+,15-/m0/s1. The van der Waals surface area contributed by atoms with Gasteiger partial charge in [-0.25, -0.2) is 0 Å². The van der Waals surface area contributed by atoms with Gasteiger partial charge in [-0.3, -0.25) is 0 Å². The van der Waals surface area contributed by atoms with E-state index >= 15 is 0 Å². The lowest BCUT2D eigenvalue weighted by Crippen LogP contribution is -2.43. The minimum Gasteiger partial charge on any atom is -0.390 e. The van der Waals surface area contributed by atoms with Crippen LogP contribution < -0.4 is 0 Å². The average molecular weight is 238 g/mol. The molecule has 3 saturated carbocycles. The van der Waals surface area contributed by atoms with Crippen LogP contribution in [0.5, 0.6) is 0 Å². The van der Waals surface area contributed by atoms with Crippen molar-refractivity contribution < 1.29 is 10.2 Å². The molecule has 3 aliphatic carbocycles. The molecule has 3 fully saturated rings. The molecule has 0 aliphatic heterocycles.